The fraction of sp³-hybridized carbons (Fsp3) is 0.583. The van der Waals surface area contributed by atoms with E-state index in [0.717, 1.165) is 19.5 Å². The number of hydrogen-bond acceptors (Lipinski definition) is 2. The molecular formula is C12H17ClN2. The van der Waals surface area contributed by atoms with Gasteiger partial charge in [-0.1, -0.05) is 0 Å². The third-order valence-electron chi connectivity index (χ3n) is 3.36. The number of pyridine rings is 1. The van der Waals surface area contributed by atoms with Gasteiger partial charge in [0, 0.05) is 31.0 Å². The SMILES string of the molecule is CC1(C)C(Cl)CCN1Cc1ccncc1. The zero-order chi connectivity index (χ0) is 10.9. The normalized spacial score (nSPS) is 25.7. The molecule has 1 aliphatic rings. The van der Waals surface area contributed by atoms with E-state index >= 15 is 0 Å². The summed E-state index contributed by atoms with van der Waals surface area (Å²) >= 11 is 6.31. The van der Waals surface area contributed by atoms with E-state index in [2.05, 4.69) is 35.9 Å². The van der Waals surface area contributed by atoms with Crippen LogP contribution in [-0.4, -0.2) is 27.3 Å². The fourth-order valence-corrected chi connectivity index (χ4v) is 2.34. The molecule has 1 aliphatic heterocycles. The van der Waals surface area contributed by atoms with E-state index in [4.69, 9.17) is 11.6 Å². The van der Waals surface area contributed by atoms with Crippen LogP contribution in [0.25, 0.3) is 0 Å². The standard InChI is InChI=1S/C12H17ClN2/c1-12(2)11(13)5-8-15(12)9-10-3-6-14-7-4-10/h3-4,6-7,11H,5,8-9H2,1-2H3. The first-order chi connectivity index (χ1) is 7.10. The van der Waals surface area contributed by atoms with Gasteiger partial charge in [-0.2, -0.15) is 0 Å². The summed E-state index contributed by atoms with van der Waals surface area (Å²) in [4.78, 5) is 6.47. The minimum Gasteiger partial charge on any atom is -0.292 e. The van der Waals surface area contributed by atoms with Crippen molar-refractivity contribution in [1.29, 1.82) is 0 Å². The predicted octanol–water partition coefficient (Wildman–Crippen LogP) is 2.67. The van der Waals surface area contributed by atoms with Gasteiger partial charge in [0.05, 0.1) is 5.38 Å². The average Bonchev–Trinajstić information content (AvgIpc) is 2.47. The number of likely N-dealkylation sites (tertiary alicyclic amines) is 1. The van der Waals surface area contributed by atoms with Gasteiger partial charge in [-0.3, -0.25) is 9.88 Å². The van der Waals surface area contributed by atoms with E-state index < -0.39 is 0 Å². The van der Waals surface area contributed by atoms with Crippen molar-refractivity contribution < 1.29 is 0 Å². The van der Waals surface area contributed by atoms with Crippen molar-refractivity contribution in [1.82, 2.24) is 9.88 Å². The van der Waals surface area contributed by atoms with Crippen molar-refractivity contribution >= 4 is 11.6 Å². The number of alkyl halides is 1. The number of aromatic nitrogens is 1. The summed E-state index contributed by atoms with van der Waals surface area (Å²) in [7, 11) is 0. The minimum absolute atomic E-state index is 0.102. The van der Waals surface area contributed by atoms with E-state index in [0.29, 0.717) is 0 Å². The molecule has 2 rings (SSSR count). The Morgan fingerprint density at radius 2 is 2.13 bits per heavy atom. The molecule has 0 N–H and O–H groups in total. The molecule has 0 saturated carbocycles. The lowest BCUT2D eigenvalue weighted by atomic mass is 10.0. The summed E-state index contributed by atoms with van der Waals surface area (Å²) in [5.74, 6) is 0. The molecule has 1 unspecified atom stereocenters. The van der Waals surface area contributed by atoms with Gasteiger partial charge in [0.25, 0.3) is 0 Å². The molecule has 2 nitrogen and oxygen atoms in total. The van der Waals surface area contributed by atoms with Crippen LogP contribution in [0.3, 0.4) is 0 Å². The Labute approximate surface area is 96.3 Å². The van der Waals surface area contributed by atoms with Gasteiger partial charge in [0.1, 0.15) is 0 Å². The molecule has 1 aromatic rings. The van der Waals surface area contributed by atoms with Crippen LogP contribution in [-0.2, 0) is 6.54 Å². The van der Waals surface area contributed by atoms with Crippen molar-refractivity contribution in [2.24, 2.45) is 0 Å². The molecule has 0 aliphatic carbocycles. The van der Waals surface area contributed by atoms with Gasteiger partial charge in [-0.15, -0.1) is 11.6 Å². The highest BCUT2D eigenvalue weighted by Gasteiger charge is 2.39. The minimum atomic E-state index is 0.102. The summed E-state index contributed by atoms with van der Waals surface area (Å²) in [6.07, 6.45) is 4.77. The van der Waals surface area contributed by atoms with Gasteiger partial charge in [-0.05, 0) is 38.0 Å². The number of hydrogen-bond donors (Lipinski definition) is 0. The van der Waals surface area contributed by atoms with E-state index in [1.807, 2.05) is 12.4 Å². The summed E-state index contributed by atoms with van der Waals surface area (Å²) in [6.45, 7) is 6.50. The fourth-order valence-electron chi connectivity index (χ4n) is 2.10. The van der Waals surface area contributed by atoms with Crippen molar-refractivity contribution in [3.8, 4) is 0 Å². The summed E-state index contributed by atoms with van der Waals surface area (Å²) in [6, 6.07) is 4.13. The zero-order valence-electron chi connectivity index (χ0n) is 9.28. The monoisotopic (exact) mass is 224 g/mol. The Morgan fingerprint density at radius 1 is 1.47 bits per heavy atom. The second-order valence-corrected chi connectivity index (χ2v) is 5.21. The second kappa shape index (κ2) is 4.11. The molecule has 0 spiro atoms. The third-order valence-corrected chi connectivity index (χ3v) is 4.11. The van der Waals surface area contributed by atoms with Crippen LogP contribution in [0.5, 0.6) is 0 Å². The van der Waals surface area contributed by atoms with Crippen LogP contribution in [0, 0.1) is 0 Å². The highest BCUT2D eigenvalue weighted by atomic mass is 35.5. The van der Waals surface area contributed by atoms with Crippen molar-refractivity contribution in [2.45, 2.75) is 37.7 Å². The molecule has 0 aromatic carbocycles. The molecule has 1 saturated heterocycles. The smallest absolute Gasteiger partial charge is 0.0526 e. The topological polar surface area (TPSA) is 16.1 Å². The molecule has 1 fully saturated rings. The Hall–Kier alpha value is -0.600. The van der Waals surface area contributed by atoms with Crippen LogP contribution >= 0.6 is 11.6 Å². The lowest BCUT2D eigenvalue weighted by Gasteiger charge is -2.33. The van der Waals surface area contributed by atoms with Gasteiger partial charge >= 0.3 is 0 Å². The highest BCUT2D eigenvalue weighted by Crippen LogP contribution is 2.33. The molecular weight excluding hydrogens is 208 g/mol. The first kappa shape index (κ1) is 10.9. The molecule has 0 radical (unpaired) electrons. The molecule has 1 aromatic heterocycles. The van der Waals surface area contributed by atoms with E-state index in [-0.39, 0.29) is 10.9 Å². The highest BCUT2D eigenvalue weighted by molar-refractivity contribution is 6.21. The Kier molecular flexibility index (Phi) is 2.98. The maximum Gasteiger partial charge on any atom is 0.0526 e. The van der Waals surface area contributed by atoms with Crippen molar-refractivity contribution in [2.75, 3.05) is 6.54 Å². The number of halogens is 1. The van der Waals surface area contributed by atoms with Gasteiger partial charge in [-0.25, -0.2) is 0 Å². The second-order valence-electron chi connectivity index (χ2n) is 4.69. The van der Waals surface area contributed by atoms with Crippen molar-refractivity contribution in [3.05, 3.63) is 30.1 Å². The van der Waals surface area contributed by atoms with Crippen LogP contribution in [0.15, 0.2) is 24.5 Å². The predicted molar refractivity (Wildman–Crippen MR) is 63.0 cm³/mol. The van der Waals surface area contributed by atoms with E-state index in [1.165, 1.54) is 5.56 Å². The van der Waals surface area contributed by atoms with Crippen LogP contribution < -0.4 is 0 Å². The molecule has 82 valence electrons. The van der Waals surface area contributed by atoms with Crippen molar-refractivity contribution in [3.63, 3.8) is 0 Å². The quantitative estimate of drug-likeness (QED) is 0.719. The maximum atomic E-state index is 6.31. The van der Waals surface area contributed by atoms with E-state index in [1.54, 1.807) is 0 Å². The van der Waals surface area contributed by atoms with Crippen LogP contribution in [0.1, 0.15) is 25.8 Å². The lowest BCUT2D eigenvalue weighted by Crippen LogP contribution is -2.42. The lowest BCUT2D eigenvalue weighted by molar-refractivity contribution is 0.168. The third kappa shape index (κ3) is 2.16. The molecule has 1 atom stereocenters. The summed E-state index contributed by atoms with van der Waals surface area (Å²) in [5, 5.41) is 0.263. The largest absolute Gasteiger partial charge is 0.292 e. The first-order valence-corrected chi connectivity index (χ1v) is 5.82. The van der Waals surface area contributed by atoms with Crippen LogP contribution in [0.4, 0.5) is 0 Å². The summed E-state index contributed by atoms with van der Waals surface area (Å²) < 4.78 is 0. The molecule has 0 bridgehead atoms. The Balaban J connectivity index is 2.08. The Morgan fingerprint density at radius 3 is 2.67 bits per heavy atom. The molecule has 3 heteroatoms. The molecule has 15 heavy (non-hydrogen) atoms. The first-order valence-electron chi connectivity index (χ1n) is 5.39. The zero-order valence-corrected chi connectivity index (χ0v) is 10.0. The van der Waals surface area contributed by atoms with Crippen LogP contribution in [0.2, 0.25) is 0 Å². The molecule has 2 heterocycles. The van der Waals surface area contributed by atoms with Gasteiger partial charge in [0.2, 0.25) is 0 Å². The van der Waals surface area contributed by atoms with Gasteiger partial charge < -0.3 is 0 Å². The summed E-state index contributed by atoms with van der Waals surface area (Å²) in [5.41, 5.74) is 1.41. The number of rotatable bonds is 2. The maximum absolute atomic E-state index is 6.31. The Bertz CT molecular complexity index is 324. The molecule has 0 amide bonds. The average molecular weight is 225 g/mol. The number of nitrogens with zero attached hydrogens (tertiary/aromatic N) is 2. The van der Waals surface area contributed by atoms with Gasteiger partial charge in [0.15, 0.2) is 0 Å². The van der Waals surface area contributed by atoms with E-state index in [9.17, 15) is 0 Å².